The van der Waals surface area contributed by atoms with Crippen LogP contribution in [0.3, 0.4) is 0 Å². The Labute approximate surface area is 764 Å². The lowest BCUT2D eigenvalue weighted by molar-refractivity contribution is 0.993. The molecule has 131 heavy (non-hydrogen) atoms. The summed E-state index contributed by atoms with van der Waals surface area (Å²) in [5.41, 5.74) is 26.2. The summed E-state index contributed by atoms with van der Waals surface area (Å²) in [6.07, 6.45) is 0. The fourth-order valence-electron chi connectivity index (χ4n) is 15.9. The van der Waals surface area contributed by atoms with Gasteiger partial charge in [0.2, 0.25) is 0 Å². The Morgan fingerprint density at radius 1 is 0.137 bits per heavy atom. The van der Waals surface area contributed by atoms with Gasteiger partial charge in [0, 0.05) is 66.8 Å². The van der Waals surface area contributed by atoms with Crippen LogP contribution in [0, 0.1) is 34.6 Å². The average Bonchev–Trinajstić information content (AvgIpc) is 0.758. The van der Waals surface area contributed by atoms with Crippen LogP contribution < -0.4 is 0 Å². The van der Waals surface area contributed by atoms with Crippen molar-refractivity contribution < 1.29 is 0 Å². The highest BCUT2D eigenvalue weighted by Crippen LogP contribution is 2.37. The quantitative estimate of drug-likeness (QED) is 0.103. The van der Waals surface area contributed by atoms with Gasteiger partial charge in [0.25, 0.3) is 0 Å². The Kier molecular flexibility index (Phi) is 26.1. The molecular formula is C120H91N11. The zero-order chi connectivity index (χ0) is 89.0. The maximum atomic E-state index is 4.92. The van der Waals surface area contributed by atoms with Crippen LogP contribution in [0.2, 0.25) is 0 Å². The molecule has 22 aromatic rings. The molecule has 0 spiro atoms. The molecule has 11 heteroatoms. The van der Waals surface area contributed by atoms with E-state index in [2.05, 4.69) is 317 Å². The first kappa shape index (κ1) is 84.7. The van der Waals surface area contributed by atoms with E-state index in [4.69, 9.17) is 44.9 Å². The van der Waals surface area contributed by atoms with Crippen LogP contribution in [0.1, 0.15) is 28.1 Å². The minimum Gasteiger partial charge on any atom is -0.248 e. The number of fused-ring (bicyclic) bond motifs is 3. The molecule has 626 valence electrons. The first-order valence-corrected chi connectivity index (χ1v) is 43.9. The fraction of sp³-hybridized carbons (Fsp3) is 0.0417. The second kappa shape index (κ2) is 40.4. The van der Waals surface area contributed by atoms with Crippen LogP contribution in [-0.4, -0.2) is 54.8 Å². The van der Waals surface area contributed by atoms with Crippen LogP contribution in [0.5, 0.6) is 0 Å². The lowest BCUT2D eigenvalue weighted by Crippen LogP contribution is -2.01. The standard InChI is InChI=1S/2C26H19N3.2C24H19N.C20H15N3/c1-18-10-5-7-15-21(18)25-27-24(20-12-3-2-4-13-20)28-26(29-25)23-17-9-14-19-11-6-8-16-22(19)23;1-18-9-7-14-21(17-18)25-27-24(20-11-3-2-4-12-20)28-26(29-25)23-16-8-13-19-10-5-6-15-22(19)23;1-18-9-8-14-21(15-18)22-16-23(19-10-4-2-5-11-19)25-24(17-22)20-12-6-3-7-13-20;1-18-12-14-19(15-13-18)22-16-23(20-8-4-2-5-9-20)25-24(17-22)21-10-6-3-7-11-21;1-14-21-19(16-9-3-2-4-10-16)23-20(22-14)18-13-7-11-15-8-5-6-12-17(15)18/h2*2-17H,1H3;2*2-17H,1H3;2-13H,1H3. The SMILES string of the molecule is Cc1ccc(-c2cc(-c3ccccc3)nc(-c3ccccc3)c2)cc1.Cc1cccc(-c2cc(-c3ccccc3)nc(-c3ccccc3)c2)c1.Cc1cccc(-c2nc(-c3ccccc3)nc(-c3cccc4ccccc34)n2)c1.Cc1ccccc1-c1nc(-c2ccccc2)nc(-c2cccc3ccccc23)n1.Cc1nc(-c2ccccc2)nc(-c2cccc3ccccc23)n1. The number of benzene rings is 17. The lowest BCUT2D eigenvalue weighted by atomic mass is 9.99. The van der Waals surface area contributed by atoms with Gasteiger partial charge in [-0.2, -0.15) is 0 Å². The molecule has 0 aliphatic carbocycles. The molecule has 17 aromatic carbocycles. The topological polar surface area (TPSA) is 142 Å². The molecular weight excluding hydrogens is 1600 g/mol. The monoisotopic (exact) mass is 1690 g/mol. The number of pyridine rings is 2. The number of hydrogen-bond acceptors (Lipinski definition) is 11. The third kappa shape index (κ3) is 20.7. The van der Waals surface area contributed by atoms with Crippen LogP contribution in [-0.2, 0) is 0 Å². The van der Waals surface area contributed by atoms with Crippen molar-refractivity contribution >= 4 is 32.3 Å². The molecule has 0 radical (unpaired) electrons. The molecule has 0 aliphatic heterocycles. The fourth-order valence-corrected chi connectivity index (χ4v) is 15.9. The number of rotatable bonds is 14. The summed E-state index contributed by atoms with van der Waals surface area (Å²) in [6, 6.07) is 158. The second-order valence-electron chi connectivity index (χ2n) is 32.0. The lowest BCUT2D eigenvalue weighted by Gasteiger charge is -2.11. The summed E-state index contributed by atoms with van der Waals surface area (Å²) in [5.74, 6) is 6.27. The third-order valence-corrected chi connectivity index (χ3v) is 22.5. The van der Waals surface area contributed by atoms with Crippen LogP contribution in [0.15, 0.2) is 461 Å². The highest BCUT2D eigenvalue weighted by molar-refractivity contribution is 5.98. The average molecular weight is 1690 g/mol. The first-order valence-electron chi connectivity index (χ1n) is 43.9. The van der Waals surface area contributed by atoms with Gasteiger partial charge < -0.3 is 0 Å². The van der Waals surface area contributed by atoms with Gasteiger partial charge in [0.1, 0.15) is 5.82 Å². The van der Waals surface area contributed by atoms with Crippen molar-refractivity contribution in [1.29, 1.82) is 0 Å². The predicted molar refractivity (Wildman–Crippen MR) is 540 cm³/mol. The van der Waals surface area contributed by atoms with E-state index in [1.807, 2.05) is 189 Å². The number of aryl methyl sites for hydroxylation is 5. The molecule has 0 bridgehead atoms. The largest absolute Gasteiger partial charge is 0.248 e. The van der Waals surface area contributed by atoms with Gasteiger partial charge in [0.05, 0.1) is 22.8 Å². The van der Waals surface area contributed by atoms with Crippen molar-refractivity contribution in [3.05, 3.63) is 489 Å². The highest BCUT2D eigenvalue weighted by atomic mass is 15.1. The second-order valence-corrected chi connectivity index (χ2v) is 32.0. The van der Waals surface area contributed by atoms with Crippen molar-refractivity contribution in [3.63, 3.8) is 0 Å². The van der Waals surface area contributed by atoms with Crippen LogP contribution in [0.4, 0.5) is 0 Å². The Bertz CT molecular complexity index is 7550. The van der Waals surface area contributed by atoms with Gasteiger partial charge >= 0.3 is 0 Å². The van der Waals surface area contributed by atoms with Crippen molar-refractivity contribution in [2.75, 3.05) is 0 Å². The predicted octanol–water partition coefficient (Wildman–Crippen LogP) is 30.1. The van der Waals surface area contributed by atoms with E-state index in [1.165, 1.54) is 55.1 Å². The minimum atomic E-state index is 0.681. The van der Waals surface area contributed by atoms with Crippen molar-refractivity contribution in [2.24, 2.45) is 0 Å². The van der Waals surface area contributed by atoms with E-state index in [-0.39, 0.29) is 0 Å². The van der Waals surface area contributed by atoms with E-state index in [0.717, 1.165) is 117 Å². The molecule has 0 saturated carbocycles. The molecule has 0 saturated heterocycles. The molecule has 0 amide bonds. The number of aromatic nitrogens is 11. The Balaban J connectivity index is 0.000000110. The summed E-state index contributed by atoms with van der Waals surface area (Å²) in [6.45, 7) is 10.3. The Morgan fingerprint density at radius 2 is 0.389 bits per heavy atom. The summed E-state index contributed by atoms with van der Waals surface area (Å²) in [4.78, 5) is 52.7. The molecule has 5 heterocycles. The number of hydrogen-bond donors (Lipinski definition) is 0. The van der Waals surface area contributed by atoms with Crippen molar-refractivity contribution in [1.82, 2.24) is 54.8 Å². The Hall–Kier alpha value is -17.2. The van der Waals surface area contributed by atoms with Crippen molar-refractivity contribution in [3.8, 4) is 158 Å². The van der Waals surface area contributed by atoms with Crippen LogP contribution >= 0.6 is 0 Å². The molecule has 0 unspecified atom stereocenters. The summed E-state index contributed by atoms with van der Waals surface area (Å²) in [7, 11) is 0. The first-order chi connectivity index (χ1) is 64.5. The molecule has 22 rings (SSSR count). The molecule has 5 aromatic heterocycles. The highest BCUT2D eigenvalue weighted by Gasteiger charge is 2.20. The minimum absolute atomic E-state index is 0.681. The molecule has 11 nitrogen and oxygen atoms in total. The van der Waals surface area contributed by atoms with E-state index < -0.39 is 0 Å². The number of nitrogens with zero attached hydrogens (tertiary/aromatic N) is 11. The van der Waals surface area contributed by atoms with Gasteiger partial charge in [-0.1, -0.05) is 447 Å². The Morgan fingerprint density at radius 3 is 0.771 bits per heavy atom. The van der Waals surface area contributed by atoms with Gasteiger partial charge in [-0.3, -0.25) is 0 Å². The summed E-state index contributed by atoms with van der Waals surface area (Å²) >= 11 is 0. The van der Waals surface area contributed by atoms with E-state index in [9.17, 15) is 0 Å². The molecule has 0 fully saturated rings. The zero-order valence-electron chi connectivity index (χ0n) is 73.3. The van der Waals surface area contributed by atoms with Gasteiger partial charge in [0.15, 0.2) is 46.6 Å². The van der Waals surface area contributed by atoms with Gasteiger partial charge in [-0.15, -0.1) is 0 Å². The smallest absolute Gasteiger partial charge is 0.164 e. The molecule has 0 N–H and O–H groups in total. The van der Waals surface area contributed by atoms with Gasteiger partial charge in [-0.05, 0) is 125 Å². The summed E-state index contributed by atoms with van der Waals surface area (Å²) < 4.78 is 0. The van der Waals surface area contributed by atoms with E-state index in [1.54, 1.807) is 0 Å². The molecule has 0 atom stereocenters. The third-order valence-electron chi connectivity index (χ3n) is 22.5. The maximum absolute atomic E-state index is 4.92. The van der Waals surface area contributed by atoms with E-state index >= 15 is 0 Å². The van der Waals surface area contributed by atoms with Gasteiger partial charge in [-0.25, -0.2) is 54.8 Å². The van der Waals surface area contributed by atoms with Crippen molar-refractivity contribution in [2.45, 2.75) is 34.6 Å². The normalized spacial score (nSPS) is 10.8. The molecule has 0 aliphatic rings. The van der Waals surface area contributed by atoms with E-state index in [0.29, 0.717) is 46.6 Å². The maximum Gasteiger partial charge on any atom is 0.164 e. The zero-order valence-corrected chi connectivity index (χ0v) is 73.3. The van der Waals surface area contributed by atoms with Crippen LogP contribution in [0.25, 0.3) is 191 Å². The summed E-state index contributed by atoms with van der Waals surface area (Å²) in [5, 5.41) is 6.95.